The standard InChI is InChI=1S/C7H10N2O.CH4S/c1-4-5-7(8-3)9-6(2)10;1-2/h4-5H,1,3H2,2H3,(H,9,10);2H,1H3/b7-5+;. The first-order valence-electron chi connectivity index (χ1n) is 3.22. The van der Waals surface area contributed by atoms with E-state index in [1.807, 2.05) is 0 Å². The Bertz CT molecular complexity index is 187. The van der Waals surface area contributed by atoms with Gasteiger partial charge in [-0.2, -0.15) is 12.6 Å². The number of hydrogen-bond donors (Lipinski definition) is 2. The smallest absolute Gasteiger partial charge is 0.222 e. The fraction of sp³-hybridized carbons (Fsp3) is 0.250. The summed E-state index contributed by atoms with van der Waals surface area (Å²) < 4.78 is 0. The number of carbonyl (C=O) groups excluding carboxylic acids is 1. The summed E-state index contributed by atoms with van der Waals surface area (Å²) in [7, 11) is 0. The van der Waals surface area contributed by atoms with Gasteiger partial charge in [-0.15, -0.1) is 0 Å². The van der Waals surface area contributed by atoms with Crippen molar-refractivity contribution < 1.29 is 4.79 Å². The molecule has 0 heterocycles. The second-order valence-corrected chi connectivity index (χ2v) is 1.63. The highest BCUT2D eigenvalue weighted by atomic mass is 32.1. The van der Waals surface area contributed by atoms with E-state index in [4.69, 9.17) is 0 Å². The number of thiol groups is 1. The van der Waals surface area contributed by atoms with Crippen LogP contribution in [0.1, 0.15) is 6.92 Å². The molecule has 0 aliphatic heterocycles. The first kappa shape index (κ1) is 13.6. The summed E-state index contributed by atoms with van der Waals surface area (Å²) in [5.74, 6) is 0.253. The van der Waals surface area contributed by atoms with Crippen LogP contribution in [0.3, 0.4) is 0 Å². The Hall–Kier alpha value is -1.03. The molecule has 1 N–H and O–H groups in total. The van der Waals surface area contributed by atoms with Gasteiger partial charge in [-0.25, -0.2) is 4.99 Å². The van der Waals surface area contributed by atoms with Crippen molar-refractivity contribution >= 4 is 25.3 Å². The van der Waals surface area contributed by atoms with Crippen molar-refractivity contribution in [2.24, 2.45) is 4.99 Å². The monoisotopic (exact) mass is 186 g/mol. The van der Waals surface area contributed by atoms with Gasteiger partial charge < -0.3 is 5.32 Å². The number of aliphatic imine (C=N–C) groups is 1. The Morgan fingerprint density at radius 1 is 1.58 bits per heavy atom. The molecule has 0 saturated carbocycles. The number of allylic oxidation sites excluding steroid dienone is 2. The summed E-state index contributed by atoms with van der Waals surface area (Å²) >= 11 is 3.53. The Labute approximate surface area is 78.7 Å². The molecular formula is C8H14N2OS. The molecule has 0 aliphatic rings. The van der Waals surface area contributed by atoms with E-state index in [0.29, 0.717) is 5.82 Å². The lowest BCUT2D eigenvalue weighted by atomic mass is 10.5. The van der Waals surface area contributed by atoms with E-state index in [1.54, 1.807) is 12.3 Å². The Morgan fingerprint density at radius 3 is 2.33 bits per heavy atom. The lowest BCUT2D eigenvalue weighted by Crippen LogP contribution is -2.17. The Balaban J connectivity index is 0. The Kier molecular flexibility index (Phi) is 11.3. The van der Waals surface area contributed by atoms with Crippen molar-refractivity contribution in [1.82, 2.24) is 5.32 Å². The maximum absolute atomic E-state index is 10.4. The number of carbonyl (C=O) groups is 1. The van der Waals surface area contributed by atoms with Crippen molar-refractivity contribution in [1.29, 1.82) is 0 Å². The average molecular weight is 186 g/mol. The third-order valence-electron chi connectivity index (χ3n) is 0.750. The zero-order valence-corrected chi connectivity index (χ0v) is 8.27. The SMILES string of the molecule is C=C/C=C(\N=C)NC(C)=O.CS. The third kappa shape index (κ3) is 8.97. The van der Waals surface area contributed by atoms with Crippen LogP contribution in [0.15, 0.2) is 29.5 Å². The molecule has 0 saturated heterocycles. The van der Waals surface area contributed by atoms with Crippen molar-refractivity contribution in [3.63, 3.8) is 0 Å². The molecule has 0 unspecified atom stereocenters. The van der Waals surface area contributed by atoms with Crippen molar-refractivity contribution in [2.45, 2.75) is 6.92 Å². The molecule has 0 radical (unpaired) electrons. The molecule has 0 rings (SSSR count). The van der Waals surface area contributed by atoms with Gasteiger partial charge in [0, 0.05) is 6.92 Å². The van der Waals surface area contributed by atoms with Gasteiger partial charge in [0.1, 0.15) is 5.82 Å². The molecule has 0 bridgehead atoms. The van der Waals surface area contributed by atoms with Crippen LogP contribution in [0.25, 0.3) is 0 Å². The van der Waals surface area contributed by atoms with Gasteiger partial charge in [0.2, 0.25) is 5.91 Å². The number of nitrogens with zero attached hydrogens (tertiary/aromatic N) is 1. The molecular weight excluding hydrogens is 172 g/mol. The van der Waals surface area contributed by atoms with Crippen LogP contribution in [-0.2, 0) is 4.79 Å². The number of nitrogens with one attached hydrogen (secondary N) is 1. The average Bonchev–Trinajstić information content (AvgIpc) is 2.07. The van der Waals surface area contributed by atoms with Gasteiger partial charge in [0.15, 0.2) is 0 Å². The van der Waals surface area contributed by atoms with Gasteiger partial charge in [0.25, 0.3) is 0 Å². The maximum atomic E-state index is 10.4. The summed E-state index contributed by atoms with van der Waals surface area (Å²) in [5.41, 5.74) is 0. The molecule has 0 aromatic carbocycles. The summed E-state index contributed by atoms with van der Waals surface area (Å²) in [6, 6.07) is 0. The van der Waals surface area contributed by atoms with Crippen LogP contribution < -0.4 is 5.32 Å². The van der Waals surface area contributed by atoms with Gasteiger partial charge >= 0.3 is 0 Å². The molecule has 1 amide bonds. The molecule has 12 heavy (non-hydrogen) atoms. The highest BCUT2D eigenvalue weighted by Gasteiger charge is 1.91. The predicted octanol–water partition coefficient (Wildman–Crippen LogP) is 1.40. The van der Waals surface area contributed by atoms with E-state index in [9.17, 15) is 4.79 Å². The third-order valence-corrected chi connectivity index (χ3v) is 0.750. The minimum Gasteiger partial charge on any atom is -0.311 e. The molecule has 0 aliphatic carbocycles. The van der Waals surface area contributed by atoms with Gasteiger partial charge in [-0.05, 0) is 19.0 Å². The van der Waals surface area contributed by atoms with Crippen LogP contribution >= 0.6 is 12.6 Å². The highest BCUT2D eigenvalue weighted by Crippen LogP contribution is 1.88. The number of hydrogen-bond acceptors (Lipinski definition) is 3. The Morgan fingerprint density at radius 2 is 2.08 bits per heavy atom. The van der Waals surface area contributed by atoms with E-state index in [2.05, 4.69) is 36.2 Å². The van der Waals surface area contributed by atoms with E-state index in [1.165, 1.54) is 13.0 Å². The molecule has 4 heteroatoms. The van der Waals surface area contributed by atoms with E-state index >= 15 is 0 Å². The van der Waals surface area contributed by atoms with Crippen molar-refractivity contribution in [3.8, 4) is 0 Å². The largest absolute Gasteiger partial charge is 0.311 e. The molecule has 0 atom stereocenters. The fourth-order valence-corrected chi connectivity index (χ4v) is 0.426. The molecule has 3 nitrogen and oxygen atoms in total. The zero-order valence-electron chi connectivity index (χ0n) is 7.37. The number of rotatable bonds is 3. The van der Waals surface area contributed by atoms with E-state index < -0.39 is 0 Å². The maximum Gasteiger partial charge on any atom is 0.222 e. The van der Waals surface area contributed by atoms with E-state index in [0.717, 1.165) is 0 Å². The number of amides is 1. The molecule has 0 aromatic rings. The summed E-state index contributed by atoms with van der Waals surface area (Å²) in [6.07, 6.45) is 4.79. The lowest BCUT2D eigenvalue weighted by molar-refractivity contribution is -0.118. The normalized spacial score (nSPS) is 9.08. The van der Waals surface area contributed by atoms with Crippen LogP contribution in [0.4, 0.5) is 0 Å². The fourth-order valence-electron chi connectivity index (χ4n) is 0.426. The van der Waals surface area contributed by atoms with Crippen molar-refractivity contribution in [3.05, 3.63) is 24.6 Å². The van der Waals surface area contributed by atoms with Crippen LogP contribution in [0.5, 0.6) is 0 Å². The predicted molar refractivity (Wildman–Crippen MR) is 56.6 cm³/mol. The second kappa shape index (κ2) is 9.97. The highest BCUT2D eigenvalue weighted by molar-refractivity contribution is 7.79. The van der Waals surface area contributed by atoms with Gasteiger partial charge in [-0.1, -0.05) is 12.7 Å². The second-order valence-electron chi connectivity index (χ2n) is 1.63. The van der Waals surface area contributed by atoms with Gasteiger partial charge in [-0.3, -0.25) is 4.79 Å². The first-order valence-corrected chi connectivity index (χ1v) is 4.12. The van der Waals surface area contributed by atoms with Crippen LogP contribution in [0, 0.1) is 0 Å². The first-order chi connectivity index (χ1) is 5.70. The van der Waals surface area contributed by atoms with Crippen LogP contribution in [0.2, 0.25) is 0 Å². The van der Waals surface area contributed by atoms with E-state index in [-0.39, 0.29) is 5.91 Å². The summed E-state index contributed by atoms with van der Waals surface area (Å²) in [6.45, 7) is 8.10. The zero-order chi connectivity index (χ0) is 9.98. The molecule has 0 fully saturated rings. The minimum atomic E-state index is -0.166. The topological polar surface area (TPSA) is 41.5 Å². The molecule has 0 spiro atoms. The molecule has 0 aromatic heterocycles. The summed E-state index contributed by atoms with van der Waals surface area (Å²) in [4.78, 5) is 13.9. The minimum absolute atomic E-state index is 0.166. The quantitative estimate of drug-likeness (QED) is 0.390. The van der Waals surface area contributed by atoms with Crippen LogP contribution in [-0.4, -0.2) is 18.9 Å². The summed E-state index contributed by atoms with van der Waals surface area (Å²) in [5, 5.41) is 2.45. The van der Waals surface area contributed by atoms with Crippen molar-refractivity contribution in [2.75, 3.05) is 6.26 Å². The lowest BCUT2D eigenvalue weighted by Gasteiger charge is -1.97. The molecule has 68 valence electrons. The van der Waals surface area contributed by atoms with Gasteiger partial charge in [0.05, 0.1) is 0 Å².